The predicted molar refractivity (Wildman–Crippen MR) is 111 cm³/mol. The second kappa shape index (κ2) is 6.01. The summed E-state index contributed by atoms with van der Waals surface area (Å²) >= 11 is 0. The molecule has 32 heavy (non-hydrogen) atoms. The van der Waals surface area contributed by atoms with Gasteiger partial charge in [0.2, 0.25) is 5.91 Å². The van der Waals surface area contributed by atoms with Crippen LogP contribution in [-0.2, 0) is 22.6 Å². The van der Waals surface area contributed by atoms with Crippen LogP contribution in [0.2, 0.25) is 0 Å². The highest BCUT2D eigenvalue weighted by atomic mass is 19.2. The van der Waals surface area contributed by atoms with E-state index in [0.717, 1.165) is 19.3 Å². The van der Waals surface area contributed by atoms with Gasteiger partial charge in [0.05, 0.1) is 12.1 Å². The Morgan fingerprint density at radius 3 is 2.25 bits per heavy atom. The van der Waals surface area contributed by atoms with Crippen LogP contribution in [0.1, 0.15) is 57.6 Å². The second-order valence-electron chi connectivity index (χ2n) is 11.5. The number of carbonyl (C=O) groups is 2. The number of nitrogens with zero attached hydrogens (tertiary/aromatic N) is 1. The SMILES string of the molecule is CC(C)(C)OC(=O)NC12CC3CC4CC(NCC(=O)N5Cc6cc(F)c(F)cc6C5)(C1)C432. The molecule has 0 radical (unpaired) electrons. The summed E-state index contributed by atoms with van der Waals surface area (Å²) in [6.45, 7) is 6.39. The van der Waals surface area contributed by atoms with Crippen LogP contribution < -0.4 is 10.6 Å². The molecule has 0 bridgehead atoms. The third-order valence-electron chi connectivity index (χ3n) is 8.87. The quantitative estimate of drug-likeness (QED) is 0.747. The van der Waals surface area contributed by atoms with Gasteiger partial charge in [-0.2, -0.15) is 0 Å². The first kappa shape index (κ1) is 20.4. The number of halogens is 2. The monoisotopic (exact) mass is 445 g/mol. The largest absolute Gasteiger partial charge is 0.444 e. The summed E-state index contributed by atoms with van der Waals surface area (Å²) in [6.07, 6.45) is 3.68. The van der Waals surface area contributed by atoms with Crippen molar-refractivity contribution in [3.63, 3.8) is 0 Å². The topological polar surface area (TPSA) is 70.7 Å². The number of alkyl carbamates (subject to hydrolysis) is 1. The normalized spacial score (nSPS) is 37.6. The van der Waals surface area contributed by atoms with E-state index in [0.29, 0.717) is 36.1 Å². The molecule has 5 unspecified atom stereocenters. The van der Waals surface area contributed by atoms with Gasteiger partial charge in [0.1, 0.15) is 5.60 Å². The summed E-state index contributed by atoms with van der Waals surface area (Å²) in [5.74, 6) is -0.633. The number of nitrogens with one attached hydrogen (secondary N) is 2. The van der Waals surface area contributed by atoms with Crippen molar-refractivity contribution in [2.75, 3.05) is 6.54 Å². The summed E-state index contributed by atoms with van der Waals surface area (Å²) in [7, 11) is 0. The first-order chi connectivity index (χ1) is 15.0. The van der Waals surface area contributed by atoms with Gasteiger partial charge in [-0.05, 0) is 81.5 Å². The van der Waals surface area contributed by atoms with Gasteiger partial charge in [0.25, 0.3) is 0 Å². The fourth-order valence-electron chi connectivity index (χ4n) is 8.06. The lowest BCUT2D eigenvalue weighted by Crippen LogP contribution is -3.02. The van der Waals surface area contributed by atoms with Crippen LogP contribution in [0.4, 0.5) is 13.6 Å². The third-order valence-corrected chi connectivity index (χ3v) is 8.87. The van der Waals surface area contributed by atoms with Gasteiger partial charge in [-0.1, -0.05) is 0 Å². The van der Waals surface area contributed by atoms with Crippen LogP contribution in [0.25, 0.3) is 0 Å². The van der Waals surface area contributed by atoms with Gasteiger partial charge >= 0.3 is 6.09 Å². The zero-order valence-electron chi connectivity index (χ0n) is 18.7. The van der Waals surface area contributed by atoms with Crippen molar-refractivity contribution in [1.29, 1.82) is 0 Å². The lowest BCUT2D eigenvalue weighted by molar-refractivity contribution is -0.413. The Morgan fingerprint density at radius 1 is 1.09 bits per heavy atom. The minimum absolute atomic E-state index is 0.0530. The fourth-order valence-corrected chi connectivity index (χ4v) is 8.06. The number of amides is 2. The number of ether oxygens (including phenoxy) is 1. The predicted octanol–water partition coefficient (Wildman–Crippen LogP) is 3.23. The molecule has 0 saturated heterocycles. The van der Waals surface area contributed by atoms with Crippen molar-refractivity contribution in [3.05, 3.63) is 34.9 Å². The van der Waals surface area contributed by atoms with E-state index in [9.17, 15) is 18.4 Å². The Kier molecular flexibility index (Phi) is 3.83. The summed E-state index contributed by atoms with van der Waals surface area (Å²) < 4.78 is 32.6. The first-order valence-electron chi connectivity index (χ1n) is 11.5. The summed E-state index contributed by atoms with van der Waals surface area (Å²) in [4.78, 5) is 27.0. The molecule has 4 aliphatic carbocycles. The zero-order chi connectivity index (χ0) is 22.7. The van der Waals surface area contributed by atoms with Gasteiger partial charge in [0, 0.05) is 24.0 Å². The maximum Gasteiger partial charge on any atom is 0.408 e. The minimum Gasteiger partial charge on any atom is -0.444 e. The Morgan fingerprint density at radius 2 is 1.69 bits per heavy atom. The number of hydrogen-bond acceptors (Lipinski definition) is 4. The van der Waals surface area contributed by atoms with E-state index in [-0.39, 0.29) is 35.0 Å². The standard InChI is InChI=1S/C24H29F2N3O3/c1-21(2,3)32-20(31)28-23-8-16-6-15-7-22(12-23,24(15,16)23)27-9-19(30)29-10-13-4-17(25)18(26)5-14(13)11-29/h4-5,15-16,27H,6-12H2,1-3H3,(H,28,31). The highest BCUT2D eigenvalue weighted by Gasteiger charge is 2.94. The van der Waals surface area contributed by atoms with Gasteiger partial charge in [-0.3, -0.25) is 4.79 Å². The minimum atomic E-state index is -0.876. The molecule has 0 aromatic heterocycles. The molecule has 4 saturated carbocycles. The smallest absolute Gasteiger partial charge is 0.408 e. The van der Waals surface area contributed by atoms with Crippen LogP contribution in [0, 0.1) is 28.9 Å². The van der Waals surface area contributed by atoms with E-state index in [1.165, 1.54) is 18.6 Å². The average Bonchev–Trinajstić information content (AvgIpc) is 3.02. The average molecular weight is 446 g/mol. The molecule has 1 aliphatic heterocycles. The van der Waals surface area contributed by atoms with E-state index in [2.05, 4.69) is 10.6 Å². The van der Waals surface area contributed by atoms with E-state index in [4.69, 9.17) is 4.74 Å². The van der Waals surface area contributed by atoms with Crippen molar-refractivity contribution in [3.8, 4) is 0 Å². The van der Waals surface area contributed by atoms with Crippen LogP contribution in [-0.4, -0.2) is 40.1 Å². The number of carbonyl (C=O) groups excluding carboxylic acids is 2. The second-order valence-corrected chi connectivity index (χ2v) is 11.5. The Bertz CT molecular complexity index is 1020. The molecule has 8 heteroatoms. The lowest BCUT2D eigenvalue weighted by atomic mass is 9.13. The maximum absolute atomic E-state index is 13.5. The molecule has 6 rings (SSSR count). The highest BCUT2D eigenvalue weighted by molar-refractivity contribution is 5.79. The fraction of sp³-hybridized carbons (Fsp3) is 0.667. The maximum atomic E-state index is 13.5. The molecule has 1 heterocycles. The van der Waals surface area contributed by atoms with Crippen molar-refractivity contribution < 1.29 is 23.1 Å². The Balaban J connectivity index is 1.10. The molecule has 5 atom stereocenters. The van der Waals surface area contributed by atoms with E-state index < -0.39 is 17.2 Å². The van der Waals surface area contributed by atoms with Crippen LogP contribution in [0.5, 0.6) is 0 Å². The zero-order valence-corrected chi connectivity index (χ0v) is 18.7. The molecule has 2 amide bonds. The molecule has 4 fully saturated rings. The van der Waals surface area contributed by atoms with Crippen molar-refractivity contribution >= 4 is 12.0 Å². The molecule has 5 aliphatic rings. The van der Waals surface area contributed by atoms with Crippen LogP contribution in [0.15, 0.2) is 12.1 Å². The van der Waals surface area contributed by atoms with Gasteiger partial charge in [-0.15, -0.1) is 0 Å². The lowest BCUT2D eigenvalue weighted by Gasteiger charge is -2.95. The number of fused-ring (bicyclic) bond motifs is 1. The molecule has 6 nitrogen and oxygen atoms in total. The van der Waals surface area contributed by atoms with Gasteiger partial charge in [0.15, 0.2) is 11.6 Å². The highest BCUT2D eigenvalue weighted by Crippen LogP contribution is 2.90. The molecule has 2 N–H and O–H groups in total. The Hall–Kier alpha value is -2.22. The molecule has 1 aromatic carbocycles. The summed E-state index contributed by atoms with van der Waals surface area (Å²) in [5, 5.41) is 6.75. The van der Waals surface area contributed by atoms with Crippen molar-refractivity contribution in [2.24, 2.45) is 17.3 Å². The van der Waals surface area contributed by atoms with Crippen molar-refractivity contribution in [2.45, 2.75) is 76.2 Å². The Labute approximate surface area is 186 Å². The molecular formula is C24H29F2N3O3. The van der Waals surface area contributed by atoms with Gasteiger partial charge < -0.3 is 20.3 Å². The summed E-state index contributed by atoms with van der Waals surface area (Å²) in [5.41, 5.74) is 0.534. The summed E-state index contributed by atoms with van der Waals surface area (Å²) in [6, 6.07) is 2.38. The van der Waals surface area contributed by atoms with E-state index in [1.54, 1.807) is 4.90 Å². The molecule has 1 aromatic rings. The molecule has 172 valence electrons. The molecular weight excluding hydrogens is 416 g/mol. The van der Waals surface area contributed by atoms with Crippen LogP contribution in [0.3, 0.4) is 0 Å². The number of rotatable bonds is 4. The van der Waals surface area contributed by atoms with Crippen molar-refractivity contribution in [1.82, 2.24) is 15.5 Å². The molecule has 1 spiro atoms. The van der Waals surface area contributed by atoms with Crippen LogP contribution >= 0.6 is 0 Å². The van der Waals surface area contributed by atoms with Gasteiger partial charge in [-0.25, -0.2) is 13.6 Å². The number of benzene rings is 1. The number of hydrogen-bond donors (Lipinski definition) is 2. The third kappa shape index (κ3) is 2.37. The first-order valence-corrected chi connectivity index (χ1v) is 11.5. The van der Waals surface area contributed by atoms with E-state index >= 15 is 0 Å². The van der Waals surface area contributed by atoms with E-state index in [1.807, 2.05) is 20.8 Å².